The molecule has 0 bridgehead atoms. The Bertz CT molecular complexity index is 1640. The van der Waals surface area contributed by atoms with E-state index in [1.807, 2.05) is 0 Å². The topological polar surface area (TPSA) is 167 Å². The van der Waals surface area contributed by atoms with Crippen molar-refractivity contribution in [2.75, 3.05) is 6.61 Å². The molecule has 0 N–H and O–H groups in total. The number of hydrogen-bond acceptors (Lipinski definition) is 13. The zero-order valence-electron chi connectivity index (χ0n) is 28.9. The fourth-order valence-electron chi connectivity index (χ4n) is 8.77. The van der Waals surface area contributed by atoms with Crippen LogP contribution in [0.4, 0.5) is 9.59 Å². The van der Waals surface area contributed by atoms with E-state index in [0.29, 0.717) is 0 Å². The lowest BCUT2D eigenvalue weighted by atomic mass is 9.52. The molecule has 0 aromatic heterocycles. The van der Waals surface area contributed by atoms with Gasteiger partial charge in [-0.3, -0.25) is 14.4 Å². The first-order valence-corrected chi connectivity index (χ1v) is 16.5. The highest BCUT2D eigenvalue weighted by atomic mass is 16.8. The smallest absolute Gasteiger partial charge is 0.454 e. The minimum absolute atomic E-state index is 0.0611. The molecule has 0 amide bonds. The maximum atomic E-state index is 15.2. The number of benzene rings is 1. The van der Waals surface area contributed by atoms with Crippen molar-refractivity contribution in [3.63, 3.8) is 0 Å². The summed E-state index contributed by atoms with van der Waals surface area (Å²) in [6, 6.07) is 8.11. The van der Waals surface area contributed by atoms with Gasteiger partial charge in [-0.25, -0.2) is 14.4 Å². The second kappa shape index (κ2) is 11.7. The van der Waals surface area contributed by atoms with E-state index in [0.717, 1.165) is 0 Å². The van der Waals surface area contributed by atoms with Crippen LogP contribution in [0, 0.1) is 22.7 Å². The molecule has 5 aliphatic rings. The van der Waals surface area contributed by atoms with Crippen LogP contribution in [0.25, 0.3) is 0 Å². The molecule has 2 saturated heterocycles. The largest absolute Gasteiger partial charge is 0.510 e. The third kappa shape index (κ3) is 5.50. The molecule has 6 rings (SSSR count). The van der Waals surface area contributed by atoms with Gasteiger partial charge in [0.2, 0.25) is 17.5 Å². The van der Waals surface area contributed by atoms with Crippen molar-refractivity contribution in [2.24, 2.45) is 22.7 Å². The van der Waals surface area contributed by atoms with Gasteiger partial charge < -0.3 is 33.2 Å². The summed E-state index contributed by atoms with van der Waals surface area (Å²) >= 11 is 0. The molecule has 1 spiro atoms. The molecule has 49 heavy (non-hydrogen) atoms. The van der Waals surface area contributed by atoms with Gasteiger partial charge in [0.1, 0.15) is 11.7 Å². The molecule has 13 heteroatoms. The van der Waals surface area contributed by atoms with Crippen LogP contribution in [0.5, 0.6) is 0 Å². The molecular formula is C36H42O13. The standard InChI is InChI=1S/C36H42O13/c1-17-25(38)29-36(49-32(42)47-29)26(17)34(6,7)15-22(44-18(2)37)27(39)35(8)23(45-31(41)48-33(3,4)5)14-21-20(16-43-21)24(35)28(36)46-30(40)19-12-10-9-11-13-19/h9-13,20-24,28-29H,14-16H2,1-8H3/t20?,21?,22-,23+,24+,28+,29+,35-,36+/m1/s1. The molecule has 264 valence electrons. The molecule has 2 aliphatic heterocycles. The second-order valence-electron chi connectivity index (χ2n) is 15.4. The number of rotatable bonds is 4. The summed E-state index contributed by atoms with van der Waals surface area (Å²) in [7, 11) is 0. The molecular weight excluding hydrogens is 640 g/mol. The van der Waals surface area contributed by atoms with Crippen LogP contribution in [-0.4, -0.2) is 84.1 Å². The Morgan fingerprint density at radius 1 is 0.959 bits per heavy atom. The predicted molar refractivity (Wildman–Crippen MR) is 167 cm³/mol. The summed E-state index contributed by atoms with van der Waals surface area (Å²) in [6.45, 7) is 12.9. The van der Waals surface area contributed by atoms with Gasteiger partial charge in [0.05, 0.1) is 23.7 Å². The maximum Gasteiger partial charge on any atom is 0.510 e. The third-order valence-electron chi connectivity index (χ3n) is 10.6. The molecule has 1 aromatic rings. The van der Waals surface area contributed by atoms with Crippen molar-refractivity contribution in [2.45, 2.75) is 110 Å². The summed E-state index contributed by atoms with van der Waals surface area (Å²) in [6.07, 6.45) is -8.64. The molecule has 3 aliphatic carbocycles. The fraction of sp³-hybridized carbons (Fsp3) is 0.611. The lowest BCUT2D eigenvalue weighted by Crippen LogP contribution is -2.71. The summed E-state index contributed by atoms with van der Waals surface area (Å²) in [4.78, 5) is 82.3. The Labute approximate surface area is 283 Å². The predicted octanol–water partition coefficient (Wildman–Crippen LogP) is 4.68. The van der Waals surface area contributed by atoms with Crippen molar-refractivity contribution in [3.05, 3.63) is 47.0 Å². The quantitative estimate of drug-likeness (QED) is 0.318. The van der Waals surface area contributed by atoms with Gasteiger partial charge in [0.25, 0.3) is 0 Å². The van der Waals surface area contributed by atoms with E-state index >= 15 is 4.79 Å². The lowest BCUT2D eigenvalue weighted by Gasteiger charge is -2.59. The van der Waals surface area contributed by atoms with Gasteiger partial charge in [0.15, 0.2) is 18.0 Å². The first kappa shape index (κ1) is 34.6. The molecule has 4 fully saturated rings. The van der Waals surface area contributed by atoms with Gasteiger partial charge in [-0.2, -0.15) is 0 Å². The van der Waals surface area contributed by atoms with Crippen molar-refractivity contribution in [1.29, 1.82) is 0 Å². The van der Waals surface area contributed by atoms with Crippen LogP contribution in [0.15, 0.2) is 41.5 Å². The zero-order valence-corrected chi connectivity index (χ0v) is 28.9. The second-order valence-corrected chi connectivity index (χ2v) is 15.4. The van der Waals surface area contributed by atoms with Gasteiger partial charge in [0, 0.05) is 37.2 Å². The monoisotopic (exact) mass is 682 g/mol. The fourth-order valence-corrected chi connectivity index (χ4v) is 8.77. The van der Waals surface area contributed by atoms with Gasteiger partial charge in [-0.05, 0) is 57.7 Å². The number of ether oxygens (including phenoxy) is 7. The Hall–Kier alpha value is -4.26. The highest BCUT2D eigenvalue weighted by Gasteiger charge is 2.77. The van der Waals surface area contributed by atoms with E-state index in [1.165, 1.54) is 6.92 Å². The number of Topliss-reactive ketones (excluding diaryl/α,β-unsaturated/α-hetero) is 2. The molecule has 0 radical (unpaired) electrons. The number of hydrogen-bond donors (Lipinski definition) is 0. The third-order valence-corrected chi connectivity index (χ3v) is 10.6. The van der Waals surface area contributed by atoms with Gasteiger partial charge in [-0.1, -0.05) is 32.0 Å². The van der Waals surface area contributed by atoms with Gasteiger partial charge >= 0.3 is 24.2 Å². The van der Waals surface area contributed by atoms with Gasteiger partial charge in [-0.15, -0.1) is 0 Å². The van der Waals surface area contributed by atoms with E-state index < -0.39 is 100 Å². The summed E-state index contributed by atoms with van der Waals surface area (Å²) in [5, 5.41) is 0. The molecule has 2 heterocycles. The number of fused-ring (bicyclic) bond motifs is 3. The van der Waals surface area contributed by atoms with E-state index in [-0.39, 0.29) is 36.2 Å². The van der Waals surface area contributed by atoms with Crippen LogP contribution in [0.1, 0.15) is 78.6 Å². The van der Waals surface area contributed by atoms with Crippen molar-refractivity contribution >= 4 is 35.8 Å². The Kier molecular flexibility index (Phi) is 8.24. The van der Waals surface area contributed by atoms with Crippen molar-refractivity contribution in [1.82, 2.24) is 0 Å². The highest BCUT2D eigenvalue weighted by molar-refractivity contribution is 6.07. The molecule has 2 unspecified atom stereocenters. The minimum Gasteiger partial charge on any atom is -0.454 e. The van der Waals surface area contributed by atoms with Crippen molar-refractivity contribution < 1.29 is 61.9 Å². The highest BCUT2D eigenvalue weighted by Crippen LogP contribution is 2.63. The number of carbonyl (C=O) groups is 6. The average molecular weight is 683 g/mol. The molecule has 9 atom stereocenters. The molecule has 13 nitrogen and oxygen atoms in total. The summed E-state index contributed by atoms with van der Waals surface area (Å²) < 4.78 is 41.3. The number of esters is 2. The first-order chi connectivity index (χ1) is 22.8. The number of carbonyl (C=O) groups excluding carboxylic acids is 6. The Morgan fingerprint density at radius 2 is 1.63 bits per heavy atom. The van der Waals surface area contributed by atoms with E-state index in [2.05, 4.69) is 0 Å². The lowest BCUT2D eigenvalue weighted by molar-refractivity contribution is -0.255. The summed E-state index contributed by atoms with van der Waals surface area (Å²) in [5.74, 6) is -4.33. The minimum atomic E-state index is -2.03. The Morgan fingerprint density at radius 3 is 2.22 bits per heavy atom. The van der Waals surface area contributed by atoms with E-state index in [4.69, 9.17) is 33.2 Å². The molecule has 1 aromatic carbocycles. The average Bonchev–Trinajstić information content (AvgIpc) is 3.43. The first-order valence-electron chi connectivity index (χ1n) is 16.5. The zero-order chi connectivity index (χ0) is 35.8. The van der Waals surface area contributed by atoms with E-state index in [1.54, 1.807) is 78.8 Å². The van der Waals surface area contributed by atoms with E-state index in [9.17, 15) is 24.0 Å². The number of ketones is 2. The van der Waals surface area contributed by atoms with Crippen molar-refractivity contribution in [3.8, 4) is 0 Å². The summed E-state index contributed by atoms with van der Waals surface area (Å²) in [5.41, 5.74) is -5.27. The van der Waals surface area contributed by atoms with Crippen LogP contribution >= 0.6 is 0 Å². The normalized spacial score (nSPS) is 36.2. The van der Waals surface area contributed by atoms with Crippen LogP contribution in [0.2, 0.25) is 0 Å². The molecule has 2 saturated carbocycles. The van der Waals surface area contributed by atoms with Crippen LogP contribution < -0.4 is 0 Å². The SMILES string of the molecule is CC(=O)O[C@@H]1CC(C)(C)C2=C(C)C(=O)[C@@H]3OC(=O)O[C@]23[C@@H](OC(=O)c2ccccc2)[C@@H]2C3COC3C[C@H](OC(=O)OC(C)(C)C)[C@@]2(C)C1=O. The van der Waals surface area contributed by atoms with Crippen LogP contribution in [-0.2, 0) is 47.5 Å². The Balaban J connectivity index is 1.63. The maximum absolute atomic E-state index is 15.2. The van der Waals surface area contributed by atoms with Crippen LogP contribution in [0.3, 0.4) is 0 Å².